The number of amides is 2. The predicted octanol–water partition coefficient (Wildman–Crippen LogP) is 5.10. The Balaban J connectivity index is 1.47. The molecule has 0 fully saturated rings. The number of halogens is 1. The average Bonchev–Trinajstić information content (AvgIpc) is 3.33. The summed E-state index contributed by atoms with van der Waals surface area (Å²) in [7, 11) is 0. The molecule has 2 atom stereocenters. The number of thiocarbonyl (C=S) groups is 1. The SMILES string of the molecule is CCCCNC(=S)NNC(=O)Cn1cc(C2=N[C@@H](c3ccccc3)[C@H](c3ccccc3)NC2=O)c2cc(Br)ccc21. The molecule has 0 bridgehead atoms. The maximum absolute atomic E-state index is 13.6. The maximum Gasteiger partial charge on any atom is 0.270 e. The molecule has 0 spiro atoms. The predicted molar refractivity (Wildman–Crippen MR) is 169 cm³/mol. The van der Waals surface area contributed by atoms with Gasteiger partial charge in [-0.3, -0.25) is 25.4 Å². The van der Waals surface area contributed by atoms with Gasteiger partial charge >= 0.3 is 0 Å². The number of hydrazine groups is 1. The average molecular weight is 632 g/mol. The van der Waals surface area contributed by atoms with Gasteiger partial charge in [0.25, 0.3) is 11.8 Å². The third kappa shape index (κ3) is 6.66. The third-order valence-electron chi connectivity index (χ3n) is 6.93. The van der Waals surface area contributed by atoms with Crippen LogP contribution in [0.1, 0.15) is 48.5 Å². The summed E-state index contributed by atoms with van der Waals surface area (Å²) >= 11 is 8.79. The Labute approximate surface area is 252 Å². The van der Waals surface area contributed by atoms with Crippen molar-refractivity contribution >= 4 is 61.7 Å². The molecule has 0 saturated carbocycles. The van der Waals surface area contributed by atoms with Gasteiger partial charge in [0.1, 0.15) is 18.3 Å². The van der Waals surface area contributed by atoms with Crippen LogP contribution >= 0.6 is 28.1 Å². The van der Waals surface area contributed by atoms with Crippen LogP contribution in [0.2, 0.25) is 0 Å². The van der Waals surface area contributed by atoms with E-state index in [0.717, 1.165) is 45.9 Å². The normalized spacial score (nSPS) is 16.5. The van der Waals surface area contributed by atoms with E-state index in [1.807, 2.05) is 89.6 Å². The van der Waals surface area contributed by atoms with Crippen molar-refractivity contribution in [2.75, 3.05) is 6.54 Å². The van der Waals surface area contributed by atoms with Crippen molar-refractivity contribution in [3.8, 4) is 0 Å². The van der Waals surface area contributed by atoms with Crippen LogP contribution in [-0.2, 0) is 16.1 Å². The van der Waals surface area contributed by atoms with Crippen LogP contribution in [0.25, 0.3) is 10.9 Å². The van der Waals surface area contributed by atoms with E-state index in [1.54, 1.807) is 0 Å². The fourth-order valence-electron chi connectivity index (χ4n) is 4.93. The van der Waals surface area contributed by atoms with Gasteiger partial charge < -0.3 is 15.2 Å². The molecule has 0 radical (unpaired) electrons. The van der Waals surface area contributed by atoms with Crippen LogP contribution < -0.4 is 21.5 Å². The Morgan fingerprint density at radius 3 is 2.44 bits per heavy atom. The molecule has 8 nitrogen and oxygen atoms in total. The highest BCUT2D eigenvalue weighted by Crippen LogP contribution is 2.37. The smallest absolute Gasteiger partial charge is 0.270 e. The number of aliphatic imine (C=N–C) groups is 1. The summed E-state index contributed by atoms with van der Waals surface area (Å²) < 4.78 is 2.68. The molecule has 4 N–H and O–H groups in total. The highest BCUT2D eigenvalue weighted by molar-refractivity contribution is 9.10. The Kier molecular flexibility index (Phi) is 9.11. The standard InChI is InChI=1S/C31H31BrN6O2S/c1-2-3-16-33-31(41)37-36-26(39)19-38-18-24(23-17-22(32)14-15-25(23)38)29-30(40)35-28(21-12-8-5-9-13-21)27(34-29)20-10-6-4-7-11-20/h4-15,17-18,27-28H,2-3,16,19H2,1H3,(H,35,40)(H,36,39)(H2,33,37,41)/t27-,28-/m0/s1. The molecule has 4 aromatic rings. The second-order valence-corrected chi connectivity index (χ2v) is 11.1. The molecule has 1 aromatic heterocycles. The number of nitrogens with zero attached hydrogens (tertiary/aromatic N) is 2. The van der Waals surface area contributed by atoms with Crippen molar-refractivity contribution < 1.29 is 9.59 Å². The van der Waals surface area contributed by atoms with Gasteiger partial charge in [0.15, 0.2) is 5.11 Å². The van der Waals surface area contributed by atoms with Crippen molar-refractivity contribution in [3.63, 3.8) is 0 Å². The van der Waals surface area contributed by atoms with Crippen LogP contribution in [0, 0.1) is 0 Å². The first-order chi connectivity index (χ1) is 19.9. The lowest BCUT2D eigenvalue weighted by atomic mass is 9.91. The second-order valence-electron chi connectivity index (χ2n) is 9.81. The summed E-state index contributed by atoms with van der Waals surface area (Å²) in [5, 5.41) is 7.45. The molecule has 0 aliphatic carbocycles. The van der Waals surface area contributed by atoms with E-state index in [0.29, 0.717) is 16.4 Å². The number of benzene rings is 3. The molecule has 210 valence electrons. The summed E-state index contributed by atoms with van der Waals surface area (Å²) in [5.74, 6) is -0.544. The van der Waals surface area contributed by atoms with E-state index in [9.17, 15) is 9.59 Å². The van der Waals surface area contributed by atoms with E-state index in [2.05, 4.69) is 44.3 Å². The van der Waals surface area contributed by atoms with Crippen LogP contribution in [0.3, 0.4) is 0 Å². The van der Waals surface area contributed by atoms with E-state index >= 15 is 0 Å². The Morgan fingerprint density at radius 1 is 1.02 bits per heavy atom. The molecule has 41 heavy (non-hydrogen) atoms. The number of nitrogens with one attached hydrogen (secondary N) is 4. The van der Waals surface area contributed by atoms with Crippen molar-refractivity contribution in [1.29, 1.82) is 0 Å². The lowest BCUT2D eigenvalue weighted by Gasteiger charge is -2.31. The molecule has 1 aliphatic rings. The number of hydrogen-bond acceptors (Lipinski definition) is 4. The van der Waals surface area contributed by atoms with Gasteiger partial charge in [-0.2, -0.15) is 0 Å². The molecule has 0 unspecified atom stereocenters. The quantitative estimate of drug-likeness (QED) is 0.123. The van der Waals surface area contributed by atoms with Gasteiger partial charge in [0, 0.05) is 33.7 Å². The van der Waals surface area contributed by atoms with Crippen LogP contribution in [0.5, 0.6) is 0 Å². The second kappa shape index (κ2) is 13.1. The van der Waals surface area contributed by atoms with Crippen molar-refractivity contribution in [3.05, 3.63) is 106 Å². The van der Waals surface area contributed by atoms with Gasteiger partial charge in [-0.05, 0) is 48.0 Å². The highest BCUT2D eigenvalue weighted by Gasteiger charge is 2.34. The number of carbonyl (C=O) groups is 2. The van der Waals surface area contributed by atoms with E-state index in [4.69, 9.17) is 17.2 Å². The minimum atomic E-state index is -0.328. The number of hydrogen-bond donors (Lipinski definition) is 4. The van der Waals surface area contributed by atoms with Gasteiger partial charge in [-0.15, -0.1) is 0 Å². The highest BCUT2D eigenvalue weighted by atomic mass is 79.9. The minimum absolute atomic E-state index is 0.0202. The van der Waals surface area contributed by atoms with E-state index in [-0.39, 0.29) is 30.4 Å². The molecular formula is C31H31BrN6O2S. The summed E-state index contributed by atoms with van der Waals surface area (Å²) in [6.07, 6.45) is 3.85. The molecule has 3 aromatic carbocycles. The summed E-state index contributed by atoms with van der Waals surface area (Å²) in [6, 6.07) is 25.0. The number of aromatic nitrogens is 1. The maximum atomic E-state index is 13.6. The Bertz CT molecular complexity index is 1590. The first-order valence-electron chi connectivity index (χ1n) is 13.5. The van der Waals surface area contributed by atoms with Crippen LogP contribution in [0.4, 0.5) is 0 Å². The largest absolute Gasteiger partial charge is 0.361 e. The monoisotopic (exact) mass is 630 g/mol. The summed E-state index contributed by atoms with van der Waals surface area (Å²) in [4.78, 5) is 31.5. The van der Waals surface area contributed by atoms with Crippen molar-refractivity contribution in [2.45, 2.75) is 38.4 Å². The van der Waals surface area contributed by atoms with Gasteiger partial charge in [0.05, 0.1) is 6.04 Å². The first kappa shape index (κ1) is 28.5. The Morgan fingerprint density at radius 2 is 1.73 bits per heavy atom. The minimum Gasteiger partial charge on any atom is -0.361 e. The fraction of sp³-hybridized carbons (Fsp3) is 0.226. The summed E-state index contributed by atoms with van der Waals surface area (Å²) in [6.45, 7) is 2.85. The lowest BCUT2D eigenvalue weighted by molar-refractivity contribution is -0.122. The van der Waals surface area contributed by atoms with E-state index < -0.39 is 0 Å². The zero-order valence-corrected chi connectivity index (χ0v) is 25.0. The molecule has 5 rings (SSSR count). The van der Waals surface area contributed by atoms with E-state index in [1.165, 1.54) is 0 Å². The number of unbranched alkanes of at least 4 members (excludes halogenated alkanes) is 1. The molecule has 1 aliphatic heterocycles. The third-order valence-corrected chi connectivity index (χ3v) is 7.67. The molecular weight excluding hydrogens is 600 g/mol. The van der Waals surface area contributed by atoms with Gasteiger partial charge in [-0.25, -0.2) is 0 Å². The van der Waals surface area contributed by atoms with Crippen molar-refractivity contribution in [2.24, 2.45) is 4.99 Å². The fourth-order valence-corrected chi connectivity index (χ4v) is 5.44. The van der Waals surface area contributed by atoms with Crippen molar-refractivity contribution in [1.82, 2.24) is 26.1 Å². The number of fused-ring (bicyclic) bond motifs is 1. The zero-order valence-electron chi connectivity index (χ0n) is 22.6. The molecule has 2 amide bonds. The molecule has 10 heteroatoms. The molecule has 0 saturated heterocycles. The Hall–Kier alpha value is -4.02. The lowest BCUT2D eigenvalue weighted by Crippen LogP contribution is -2.47. The van der Waals surface area contributed by atoms with Gasteiger partial charge in [0.2, 0.25) is 0 Å². The molecule has 2 heterocycles. The van der Waals surface area contributed by atoms with Crippen LogP contribution in [-0.4, -0.2) is 33.8 Å². The topological polar surface area (TPSA) is 99.5 Å². The van der Waals surface area contributed by atoms with Crippen LogP contribution in [0.15, 0.2) is 94.5 Å². The number of rotatable bonds is 8. The first-order valence-corrected chi connectivity index (χ1v) is 14.7. The van der Waals surface area contributed by atoms with Gasteiger partial charge in [-0.1, -0.05) is 89.9 Å². The summed E-state index contributed by atoms with van der Waals surface area (Å²) in [5.41, 5.74) is 9.17. The number of carbonyl (C=O) groups excluding carboxylic acids is 2. The zero-order chi connectivity index (χ0) is 28.8.